The Bertz CT molecular complexity index is 1110. The van der Waals surface area contributed by atoms with Crippen LogP contribution in [0.2, 0.25) is 0 Å². The Labute approximate surface area is 193 Å². The first-order valence-electron chi connectivity index (χ1n) is 11.3. The summed E-state index contributed by atoms with van der Waals surface area (Å²) in [5, 5.41) is 4.68. The Balaban J connectivity index is 1.39. The van der Waals surface area contributed by atoms with E-state index in [9.17, 15) is 12.8 Å². The summed E-state index contributed by atoms with van der Waals surface area (Å²) in [6.07, 6.45) is 2.94. The maximum atomic E-state index is 13.2. The number of nitrogens with zero attached hydrogens (tertiary/aromatic N) is 3. The van der Waals surface area contributed by atoms with Crippen molar-refractivity contribution < 1.29 is 12.8 Å². The van der Waals surface area contributed by atoms with Gasteiger partial charge in [-0.1, -0.05) is 32.9 Å². The van der Waals surface area contributed by atoms with Gasteiger partial charge in [0.1, 0.15) is 5.82 Å². The van der Waals surface area contributed by atoms with Crippen molar-refractivity contribution >= 4 is 26.5 Å². The number of halogens is 1. The van der Waals surface area contributed by atoms with Crippen molar-refractivity contribution in [1.29, 1.82) is 0 Å². The number of thiazole rings is 1. The Morgan fingerprint density at radius 1 is 1.28 bits per heavy atom. The van der Waals surface area contributed by atoms with Crippen molar-refractivity contribution in [1.82, 2.24) is 14.6 Å². The molecule has 2 saturated heterocycles. The molecule has 9 heteroatoms. The van der Waals surface area contributed by atoms with Crippen LogP contribution in [0, 0.1) is 11.2 Å². The molecule has 2 fully saturated rings. The molecule has 2 aromatic rings. The van der Waals surface area contributed by atoms with Crippen molar-refractivity contribution in [2.24, 2.45) is 5.41 Å². The number of piperazine rings is 1. The van der Waals surface area contributed by atoms with Crippen molar-refractivity contribution in [3.8, 4) is 0 Å². The van der Waals surface area contributed by atoms with Gasteiger partial charge in [0.25, 0.3) is 0 Å². The first kappa shape index (κ1) is 22.3. The predicted octanol–water partition coefficient (Wildman–Crippen LogP) is 3.53. The van der Waals surface area contributed by atoms with Crippen LogP contribution in [0.15, 0.2) is 24.3 Å². The summed E-state index contributed by atoms with van der Waals surface area (Å²) in [7, 11) is -3.49. The Morgan fingerprint density at radius 3 is 2.75 bits per heavy atom. The number of hydrogen-bond donors (Lipinski definition) is 1. The van der Waals surface area contributed by atoms with Gasteiger partial charge in [-0.3, -0.25) is 0 Å². The van der Waals surface area contributed by atoms with Gasteiger partial charge in [0, 0.05) is 43.5 Å². The Morgan fingerprint density at radius 2 is 2.03 bits per heavy atom. The summed E-state index contributed by atoms with van der Waals surface area (Å²) >= 11 is 1.66. The number of rotatable bonds is 4. The molecule has 4 heterocycles. The van der Waals surface area contributed by atoms with E-state index >= 15 is 0 Å². The number of nitrogens with one attached hydrogen (secondary N) is 1. The molecule has 1 aromatic carbocycles. The quantitative estimate of drug-likeness (QED) is 0.728. The lowest BCUT2D eigenvalue weighted by Gasteiger charge is -2.52. The third-order valence-electron chi connectivity index (χ3n) is 7.46. The van der Waals surface area contributed by atoms with Crippen molar-refractivity contribution in [3.05, 3.63) is 46.2 Å². The molecule has 174 valence electrons. The molecule has 0 spiro atoms. The first-order valence-corrected chi connectivity index (χ1v) is 13.7. The molecule has 1 N–H and O–H groups in total. The molecule has 6 nitrogen and oxygen atoms in total. The second-order valence-corrected chi connectivity index (χ2v) is 13.3. The van der Waals surface area contributed by atoms with Gasteiger partial charge in [-0.25, -0.2) is 17.8 Å². The van der Waals surface area contributed by atoms with E-state index in [0.29, 0.717) is 31.1 Å². The minimum atomic E-state index is -3.49. The smallest absolute Gasteiger partial charge is 0.218 e. The van der Waals surface area contributed by atoms with Gasteiger partial charge >= 0.3 is 0 Å². The number of hydrogen-bond acceptors (Lipinski definition) is 6. The van der Waals surface area contributed by atoms with Crippen molar-refractivity contribution in [2.75, 3.05) is 24.5 Å². The first-order chi connectivity index (χ1) is 15.1. The third kappa shape index (κ3) is 3.67. The highest BCUT2D eigenvalue weighted by atomic mass is 32.2. The minimum absolute atomic E-state index is 0.0325. The van der Waals surface area contributed by atoms with Crippen LogP contribution in [0.1, 0.15) is 49.7 Å². The van der Waals surface area contributed by atoms with Gasteiger partial charge in [0.2, 0.25) is 10.0 Å². The molecule has 0 aliphatic carbocycles. The largest absolute Gasteiger partial charge is 0.336 e. The standard InChI is InChI=1S/C23H31FN4O2S2/c1-22(2,3)23-10-8-18(12-25-15-23)28(23)21-26-19-9-11-27(13-20(19)31-21)32(29,30)14-16-4-6-17(24)7-5-16/h4-7,18,25H,8-15H2,1-3H3. The van der Waals surface area contributed by atoms with E-state index in [4.69, 9.17) is 4.98 Å². The maximum absolute atomic E-state index is 13.2. The van der Waals surface area contributed by atoms with Crippen molar-refractivity contribution in [3.63, 3.8) is 0 Å². The average molecular weight is 479 g/mol. The number of benzene rings is 1. The predicted molar refractivity (Wildman–Crippen MR) is 126 cm³/mol. The van der Waals surface area contributed by atoms with Crippen LogP contribution in [0.5, 0.6) is 0 Å². The molecule has 32 heavy (non-hydrogen) atoms. The summed E-state index contributed by atoms with van der Waals surface area (Å²) in [6, 6.07) is 6.13. The molecule has 2 bridgehead atoms. The van der Waals surface area contributed by atoms with E-state index in [0.717, 1.165) is 41.6 Å². The van der Waals surface area contributed by atoms with E-state index in [-0.39, 0.29) is 22.5 Å². The molecule has 2 atom stereocenters. The van der Waals surface area contributed by atoms with Crippen LogP contribution in [0.25, 0.3) is 0 Å². The van der Waals surface area contributed by atoms with Gasteiger partial charge < -0.3 is 10.2 Å². The number of aromatic nitrogens is 1. The Kier molecular flexibility index (Phi) is 5.39. The van der Waals surface area contributed by atoms with Crippen LogP contribution in [-0.4, -0.2) is 48.9 Å². The maximum Gasteiger partial charge on any atom is 0.218 e. The fraction of sp³-hybridized carbons (Fsp3) is 0.609. The summed E-state index contributed by atoms with van der Waals surface area (Å²) in [6.45, 7) is 9.67. The van der Waals surface area contributed by atoms with Gasteiger partial charge in [0.05, 0.1) is 17.0 Å². The fourth-order valence-electron chi connectivity index (χ4n) is 5.54. The number of fused-ring (bicyclic) bond motifs is 3. The second kappa shape index (κ2) is 7.75. The van der Waals surface area contributed by atoms with E-state index in [2.05, 4.69) is 31.0 Å². The lowest BCUT2D eigenvalue weighted by Crippen LogP contribution is -2.66. The normalized spacial score (nSPS) is 26.4. The number of anilines is 1. The highest BCUT2D eigenvalue weighted by Gasteiger charge is 2.56. The average Bonchev–Trinajstić information content (AvgIpc) is 3.24. The van der Waals surface area contributed by atoms with Crippen molar-refractivity contribution in [2.45, 2.75) is 63.9 Å². The fourth-order valence-corrected chi connectivity index (χ4v) is 8.40. The van der Waals surface area contributed by atoms with E-state index in [1.807, 2.05) is 0 Å². The highest BCUT2D eigenvalue weighted by Crippen LogP contribution is 2.51. The van der Waals surface area contributed by atoms with Gasteiger partial charge in [-0.05, 0) is 36.0 Å². The lowest BCUT2D eigenvalue weighted by molar-refractivity contribution is 0.168. The molecule has 3 aliphatic rings. The number of sulfonamides is 1. The van der Waals surface area contributed by atoms with E-state index < -0.39 is 10.0 Å². The zero-order valence-electron chi connectivity index (χ0n) is 18.9. The van der Waals surface area contributed by atoms with E-state index in [1.54, 1.807) is 27.8 Å². The van der Waals surface area contributed by atoms with Crippen LogP contribution in [0.3, 0.4) is 0 Å². The molecular formula is C23H31FN4O2S2. The molecule has 0 radical (unpaired) electrons. The monoisotopic (exact) mass is 478 g/mol. The summed E-state index contributed by atoms with van der Waals surface area (Å²) in [5.74, 6) is -0.470. The van der Waals surface area contributed by atoms with Gasteiger partial charge in [0.15, 0.2) is 5.13 Å². The zero-order chi connectivity index (χ0) is 22.7. The van der Waals surface area contributed by atoms with Crippen LogP contribution < -0.4 is 10.2 Å². The molecule has 3 aliphatic heterocycles. The molecule has 0 saturated carbocycles. The molecular weight excluding hydrogens is 447 g/mol. The Hall–Kier alpha value is -1.55. The summed E-state index contributed by atoms with van der Waals surface area (Å²) in [4.78, 5) is 8.65. The van der Waals surface area contributed by atoms with Crippen LogP contribution in [0.4, 0.5) is 9.52 Å². The zero-order valence-corrected chi connectivity index (χ0v) is 20.5. The molecule has 5 rings (SSSR count). The molecule has 0 amide bonds. The SMILES string of the molecule is CC(C)(C)C12CCC(CNC1)N2c1nc2c(s1)CN(S(=O)(=O)Cc1ccc(F)cc1)CC2. The molecule has 2 unspecified atom stereocenters. The van der Waals surface area contributed by atoms with Gasteiger partial charge in [-0.2, -0.15) is 4.31 Å². The lowest BCUT2D eigenvalue weighted by atomic mass is 9.71. The second-order valence-electron chi connectivity index (χ2n) is 10.3. The minimum Gasteiger partial charge on any atom is -0.336 e. The van der Waals surface area contributed by atoms with Crippen LogP contribution in [-0.2, 0) is 28.7 Å². The summed E-state index contributed by atoms with van der Waals surface area (Å²) < 4.78 is 40.8. The molecule has 1 aromatic heterocycles. The van der Waals surface area contributed by atoms with Crippen LogP contribution >= 0.6 is 11.3 Å². The van der Waals surface area contributed by atoms with E-state index in [1.165, 1.54) is 12.1 Å². The third-order valence-corrected chi connectivity index (χ3v) is 10.3. The topological polar surface area (TPSA) is 65.5 Å². The van der Waals surface area contributed by atoms with Gasteiger partial charge in [-0.15, -0.1) is 11.3 Å². The highest BCUT2D eigenvalue weighted by molar-refractivity contribution is 7.88. The summed E-state index contributed by atoms with van der Waals surface area (Å²) in [5.41, 5.74) is 1.78.